The molecule has 2 rings (SSSR count). The summed E-state index contributed by atoms with van der Waals surface area (Å²) >= 11 is 0. The van der Waals surface area contributed by atoms with Crippen LogP contribution in [0.2, 0.25) is 0 Å². The molecule has 0 fully saturated rings. The molecule has 116 valence electrons. The predicted molar refractivity (Wildman–Crippen MR) is 70.0 cm³/mol. The van der Waals surface area contributed by atoms with Crippen molar-refractivity contribution in [3.05, 3.63) is 71.0 Å². The first kappa shape index (κ1) is 16.0. The Balaban J connectivity index is 2.78. The molecule has 22 heavy (non-hydrogen) atoms. The van der Waals surface area contributed by atoms with Gasteiger partial charge in [0, 0.05) is 5.56 Å². The van der Waals surface area contributed by atoms with Crippen molar-refractivity contribution in [1.29, 1.82) is 0 Å². The number of carbonyl (C=O) groups excluding carboxylic acids is 1. The largest absolute Gasteiger partial charge is 0.416 e. The molecule has 0 aromatic heterocycles. The first-order valence-electron chi connectivity index (χ1n) is 6.12. The minimum absolute atomic E-state index is 0.139. The highest BCUT2D eigenvalue weighted by Crippen LogP contribution is 2.40. The quantitative estimate of drug-likeness (QED) is 0.856. The molecular formula is C15H11F4NO2. The average Bonchev–Trinajstić information content (AvgIpc) is 2.46. The first-order chi connectivity index (χ1) is 10.2. The van der Waals surface area contributed by atoms with Crippen LogP contribution in [0.15, 0.2) is 48.5 Å². The van der Waals surface area contributed by atoms with Crippen LogP contribution in [-0.2, 0) is 16.6 Å². The molecule has 0 saturated heterocycles. The lowest BCUT2D eigenvalue weighted by molar-refractivity contribution is -0.143. The third-order valence-corrected chi connectivity index (χ3v) is 3.22. The number of halogens is 4. The number of aliphatic hydroxyl groups is 1. The number of amides is 1. The second-order valence-corrected chi connectivity index (χ2v) is 4.63. The van der Waals surface area contributed by atoms with E-state index in [1.165, 1.54) is 24.3 Å². The van der Waals surface area contributed by atoms with Crippen LogP contribution in [-0.4, -0.2) is 11.0 Å². The maximum atomic E-state index is 13.2. The van der Waals surface area contributed by atoms with E-state index in [9.17, 15) is 27.5 Å². The van der Waals surface area contributed by atoms with Crippen LogP contribution in [0.3, 0.4) is 0 Å². The predicted octanol–water partition coefficient (Wildman–Crippen LogP) is 2.57. The summed E-state index contributed by atoms with van der Waals surface area (Å²) in [7, 11) is 0. The van der Waals surface area contributed by atoms with Gasteiger partial charge in [-0.15, -0.1) is 0 Å². The SMILES string of the molecule is NC(=O)C(O)(c1ccccc1)c1ccc(F)cc1C(F)(F)F. The molecule has 0 bridgehead atoms. The smallest absolute Gasteiger partial charge is 0.372 e. The second kappa shape index (κ2) is 5.42. The Morgan fingerprint density at radius 2 is 1.59 bits per heavy atom. The molecule has 0 saturated carbocycles. The Kier molecular flexibility index (Phi) is 3.93. The highest BCUT2D eigenvalue weighted by atomic mass is 19.4. The summed E-state index contributed by atoms with van der Waals surface area (Å²) < 4.78 is 52.5. The molecule has 3 N–H and O–H groups in total. The zero-order valence-electron chi connectivity index (χ0n) is 11.1. The minimum Gasteiger partial charge on any atom is -0.372 e. The van der Waals surface area contributed by atoms with Gasteiger partial charge in [0.2, 0.25) is 0 Å². The fraction of sp³-hybridized carbons (Fsp3) is 0.133. The molecule has 1 amide bonds. The van der Waals surface area contributed by atoms with Crippen molar-refractivity contribution < 1.29 is 27.5 Å². The van der Waals surface area contributed by atoms with Crippen LogP contribution in [0, 0.1) is 5.82 Å². The maximum absolute atomic E-state index is 13.2. The molecule has 0 heterocycles. The lowest BCUT2D eigenvalue weighted by Crippen LogP contribution is -2.43. The zero-order chi connectivity index (χ0) is 16.5. The van der Waals surface area contributed by atoms with E-state index >= 15 is 0 Å². The summed E-state index contributed by atoms with van der Waals surface area (Å²) in [5, 5.41) is 10.6. The summed E-state index contributed by atoms with van der Waals surface area (Å²) in [6, 6.07) is 8.58. The van der Waals surface area contributed by atoms with E-state index in [0.717, 1.165) is 6.07 Å². The molecule has 1 atom stereocenters. The Morgan fingerprint density at radius 3 is 2.09 bits per heavy atom. The van der Waals surface area contributed by atoms with Gasteiger partial charge in [-0.2, -0.15) is 13.2 Å². The molecule has 0 aliphatic carbocycles. The van der Waals surface area contributed by atoms with E-state index in [0.29, 0.717) is 6.07 Å². The lowest BCUT2D eigenvalue weighted by Gasteiger charge is -2.28. The van der Waals surface area contributed by atoms with Crippen molar-refractivity contribution in [2.45, 2.75) is 11.8 Å². The van der Waals surface area contributed by atoms with Crippen LogP contribution in [0.25, 0.3) is 0 Å². The number of nitrogens with two attached hydrogens (primary N) is 1. The number of primary amides is 1. The van der Waals surface area contributed by atoms with E-state index < -0.39 is 34.6 Å². The van der Waals surface area contributed by atoms with E-state index in [-0.39, 0.29) is 11.6 Å². The fourth-order valence-electron chi connectivity index (χ4n) is 2.18. The Hall–Kier alpha value is -2.41. The number of benzene rings is 2. The van der Waals surface area contributed by atoms with Gasteiger partial charge >= 0.3 is 6.18 Å². The van der Waals surface area contributed by atoms with Crippen LogP contribution in [0.1, 0.15) is 16.7 Å². The van der Waals surface area contributed by atoms with E-state index in [1.54, 1.807) is 6.07 Å². The van der Waals surface area contributed by atoms with Crippen molar-refractivity contribution in [3.8, 4) is 0 Å². The summed E-state index contributed by atoms with van der Waals surface area (Å²) in [5.41, 5.74) is -0.00631. The number of alkyl halides is 3. The van der Waals surface area contributed by atoms with Gasteiger partial charge in [-0.1, -0.05) is 36.4 Å². The van der Waals surface area contributed by atoms with E-state index in [2.05, 4.69) is 0 Å². The standard InChI is InChI=1S/C15H11F4NO2/c16-10-6-7-11(12(8-10)15(17,18)19)14(22,13(20)21)9-4-2-1-3-5-9/h1-8,22H,(H2,20,21). The van der Waals surface area contributed by atoms with Crippen molar-refractivity contribution >= 4 is 5.91 Å². The maximum Gasteiger partial charge on any atom is 0.416 e. The van der Waals surface area contributed by atoms with Crippen LogP contribution < -0.4 is 5.73 Å². The third kappa shape index (κ3) is 2.67. The van der Waals surface area contributed by atoms with Crippen molar-refractivity contribution in [2.24, 2.45) is 5.73 Å². The molecule has 0 aliphatic heterocycles. The number of carbonyl (C=O) groups is 1. The first-order valence-corrected chi connectivity index (χ1v) is 6.12. The second-order valence-electron chi connectivity index (χ2n) is 4.63. The summed E-state index contributed by atoms with van der Waals surface area (Å²) in [4.78, 5) is 11.7. The van der Waals surface area contributed by atoms with Gasteiger partial charge in [-0.05, 0) is 17.7 Å². The summed E-state index contributed by atoms with van der Waals surface area (Å²) in [5.74, 6) is -2.54. The van der Waals surface area contributed by atoms with Crippen molar-refractivity contribution in [3.63, 3.8) is 0 Å². The molecular weight excluding hydrogens is 302 g/mol. The van der Waals surface area contributed by atoms with Gasteiger partial charge in [0.25, 0.3) is 5.91 Å². The third-order valence-electron chi connectivity index (χ3n) is 3.22. The van der Waals surface area contributed by atoms with Gasteiger partial charge < -0.3 is 10.8 Å². The molecule has 1 unspecified atom stereocenters. The monoisotopic (exact) mass is 313 g/mol. The van der Waals surface area contributed by atoms with Gasteiger partial charge in [-0.25, -0.2) is 4.39 Å². The summed E-state index contributed by atoms with van der Waals surface area (Å²) in [6.07, 6.45) is -4.96. The fourth-order valence-corrected chi connectivity index (χ4v) is 2.18. The Labute approximate surface area is 123 Å². The molecule has 3 nitrogen and oxygen atoms in total. The van der Waals surface area contributed by atoms with E-state index in [1.807, 2.05) is 0 Å². The van der Waals surface area contributed by atoms with Gasteiger partial charge in [0.1, 0.15) is 5.82 Å². The number of hydrogen-bond donors (Lipinski definition) is 2. The molecule has 0 aliphatic rings. The van der Waals surface area contributed by atoms with Crippen LogP contribution in [0.4, 0.5) is 17.6 Å². The van der Waals surface area contributed by atoms with Gasteiger partial charge in [0.05, 0.1) is 5.56 Å². The number of rotatable bonds is 3. The molecule has 0 radical (unpaired) electrons. The van der Waals surface area contributed by atoms with Gasteiger partial charge in [0.15, 0.2) is 5.60 Å². The Morgan fingerprint density at radius 1 is 1.00 bits per heavy atom. The lowest BCUT2D eigenvalue weighted by atomic mass is 9.83. The van der Waals surface area contributed by atoms with Crippen LogP contribution in [0.5, 0.6) is 0 Å². The number of hydrogen-bond acceptors (Lipinski definition) is 2. The van der Waals surface area contributed by atoms with Gasteiger partial charge in [-0.3, -0.25) is 4.79 Å². The van der Waals surface area contributed by atoms with Crippen molar-refractivity contribution in [2.75, 3.05) is 0 Å². The highest BCUT2D eigenvalue weighted by Gasteiger charge is 2.45. The van der Waals surface area contributed by atoms with Crippen LogP contribution >= 0.6 is 0 Å². The molecule has 0 spiro atoms. The zero-order valence-corrected chi connectivity index (χ0v) is 11.1. The summed E-state index contributed by atoms with van der Waals surface area (Å²) in [6.45, 7) is 0. The van der Waals surface area contributed by atoms with Crippen molar-refractivity contribution in [1.82, 2.24) is 0 Å². The Bertz CT molecular complexity index is 700. The molecule has 2 aromatic rings. The molecule has 2 aromatic carbocycles. The van der Waals surface area contributed by atoms with E-state index in [4.69, 9.17) is 5.73 Å². The highest BCUT2D eigenvalue weighted by molar-refractivity contribution is 5.89. The topological polar surface area (TPSA) is 63.3 Å². The minimum atomic E-state index is -4.96. The normalized spacial score (nSPS) is 14.4. The average molecular weight is 313 g/mol. The molecule has 7 heteroatoms.